The van der Waals surface area contributed by atoms with Gasteiger partial charge in [0.1, 0.15) is 0 Å². The van der Waals surface area contributed by atoms with E-state index in [0.717, 1.165) is 25.4 Å². The molecule has 2 aliphatic rings. The average Bonchev–Trinajstić information content (AvgIpc) is 3.13. The minimum absolute atomic E-state index is 0.219. The maximum Gasteiger partial charge on any atom is 0.0839 e. The fourth-order valence-corrected chi connectivity index (χ4v) is 2.45. The van der Waals surface area contributed by atoms with Crippen molar-refractivity contribution in [3.63, 3.8) is 0 Å². The topological polar surface area (TPSA) is 35.2 Å². The first-order chi connectivity index (χ1) is 7.83. The number of ether oxygens (including phenoxy) is 1. The third-order valence-corrected chi connectivity index (χ3v) is 3.68. The Balaban J connectivity index is 1.72. The summed E-state index contributed by atoms with van der Waals surface area (Å²) in [5.74, 6) is 0.837. The molecular formula is C14H19NO. The van der Waals surface area contributed by atoms with Gasteiger partial charge in [0.2, 0.25) is 0 Å². The van der Waals surface area contributed by atoms with E-state index in [1.807, 2.05) is 0 Å². The number of hydrogen-bond donors (Lipinski definition) is 1. The highest BCUT2D eigenvalue weighted by Crippen LogP contribution is 2.40. The molecule has 2 nitrogen and oxygen atoms in total. The van der Waals surface area contributed by atoms with Gasteiger partial charge in [-0.15, -0.1) is 0 Å². The minimum Gasteiger partial charge on any atom is -0.373 e. The number of rotatable bonds is 2. The number of benzene rings is 1. The molecule has 1 saturated heterocycles. The van der Waals surface area contributed by atoms with Gasteiger partial charge in [0, 0.05) is 12.6 Å². The summed E-state index contributed by atoms with van der Waals surface area (Å²) < 4.78 is 5.77. The van der Waals surface area contributed by atoms with Crippen LogP contribution in [0, 0.1) is 0 Å². The van der Waals surface area contributed by atoms with Crippen molar-refractivity contribution in [1.29, 1.82) is 0 Å². The molecule has 1 aromatic rings. The van der Waals surface area contributed by atoms with Gasteiger partial charge in [-0.2, -0.15) is 0 Å². The van der Waals surface area contributed by atoms with Gasteiger partial charge in [0.15, 0.2) is 0 Å². The molecule has 0 spiro atoms. The molecule has 1 aromatic carbocycles. The molecule has 2 heteroatoms. The van der Waals surface area contributed by atoms with E-state index in [9.17, 15) is 0 Å². The zero-order valence-electron chi connectivity index (χ0n) is 9.56. The van der Waals surface area contributed by atoms with Crippen LogP contribution in [0.5, 0.6) is 0 Å². The summed E-state index contributed by atoms with van der Waals surface area (Å²) in [4.78, 5) is 0. The lowest BCUT2D eigenvalue weighted by atomic mass is 9.97. The standard InChI is InChI=1S/C14H19NO/c15-13-7-8-16-14(9-13)12-5-3-11(4-6-12)10-1-2-10/h3-6,10,13-14H,1-2,7-9,15H2. The molecule has 16 heavy (non-hydrogen) atoms. The molecule has 2 unspecified atom stereocenters. The normalized spacial score (nSPS) is 30.3. The van der Waals surface area contributed by atoms with Crippen molar-refractivity contribution in [2.75, 3.05) is 6.61 Å². The van der Waals surface area contributed by atoms with Gasteiger partial charge in [-0.05, 0) is 42.7 Å². The smallest absolute Gasteiger partial charge is 0.0839 e. The van der Waals surface area contributed by atoms with Crippen LogP contribution in [0.1, 0.15) is 48.8 Å². The van der Waals surface area contributed by atoms with Crippen molar-refractivity contribution >= 4 is 0 Å². The van der Waals surface area contributed by atoms with E-state index in [1.54, 1.807) is 0 Å². The van der Waals surface area contributed by atoms with Crippen LogP contribution in [0.15, 0.2) is 24.3 Å². The van der Waals surface area contributed by atoms with E-state index in [1.165, 1.54) is 24.0 Å². The Morgan fingerprint density at radius 2 is 1.69 bits per heavy atom. The summed E-state index contributed by atoms with van der Waals surface area (Å²) in [5, 5.41) is 0. The summed E-state index contributed by atoms with van der Waals surface area (Å²) in [5.41, 5.74) is 8.75. The summed E-state index contributed by atoms with van der Waals surface area (Å²) in [6.45, 7) is 0.802. The molecule has 3 rings (SSSR count). The Labute approximate surface area is 96.8 Å². The van der Waals surface area contributed by atoms with E-state index in [4.69, 9.17) is 10.5 Å². The zero-order chi connectivity index (χ0) is 11.0. The summed E-state index contributed by atoms with van der Waals surface area (Å²) in [6.07, 6.45) is 4.91. The highest BCUT2D eigenvalue weighted by molar-refractivity contribution is 5.29. The Morgan fingerprint density at radius 1 is 1.00 bits per heavy atom. The molecule has 2 fully saturated rings. The van der Waals surface area contributed by atoms with Crippen LogP contribution < -0.4 is 5.73 Å². The van der Waals surface area contributed by atoms with Gasteiger partial charge in [-0.3, -0.25) is 0 Å². The predicted octanol–water partition coefficient (Wildman–Crippen LogP) is 2.74. The molecular weight excluding hydrogens is 198 g/mol. The zero-order valence-corrected chi connectivity index (χ0v) is 9.56. The molecule has 0 amide bonds. The highest BCUT2D eigenvalue weighted by Gasteiger charge is 2.24. The lowest BCUT2D eigenvalue weighted by Gasteiger charge is -2.27. The lowest BCUT2D eigenvalue weighted by Crippen LogP contribution is -2.30. The molecule has 1 heterocycles. The first-order valence-electron chi connectivity index (χ1n) is 6.30. The van der Waals surface area contributed by atoms with E-state index in [-0.39, 0.29) is 6.10 Å². The van der Waals surface area contributed by atoms with E-state index >= 15 is 0 Å². The van der Waals surface area contributed by atoms with Crippen molar-refractivity contribution in [1.82, 2.24) is 0 Å². The SMILES string of the molecule is NC1CCOC(c2ccc(C3CC3)cc2)C1. The highest BCUT2D eigenvalue weighted by atomic mass is 16.5. The van der Waals surface area contributed by atoms with Crippen molar-refractivity contribution < 1.29 is 4.74 Å². The number of hydrogen-bond acceptors (Lipinski definition) is 2. The molecule has 0 aromatic heterocycles. The summed E-state index contributed by atoms with van der Waals surface area (Å²) >= 11 is 0. The third-order valence-electron chi connectivity index (χ3n) is 3.68. The lowest BCUT2D eigenvalue weighted by molar-refractivity contribution is 0.00667. The Bertz CT molecular complexity index is 356. The monoisotopic (exact) mass is 217 g/mol. The van der Waals surface area contributed by atoms with Crippen LogP contribution >= 0.6 is 0 Å². The minimum atomic E-state index is 0.219. The second kappa shape index (κ2) is 4.19. The van der Waals surface area contributed by atoms with Gasteiger partial charge in [-0.1, -0.05) is 24.3 Å². The Morgan fingerprint density at radius 3 is 2.31 bits per heavy atom. The Kier molecular flexibility index (Phi) is 2.70. The van der Waals surface area contributed by atoms with Crippen LogP contribution in [0.3, 0.4) is 0 Å². The molecule has 0 bridgehead atoms. The quantitative estimate of drug-likeness (QED) is 0.826. The maximum absolute atomic E-state index is 5.97. The molecule has 0 radical (unpaired) electrons. The largest absolute Gasteiger partial charge is 0.373 e. The van der Waals surface area contributed by atoms with E-state index in [0.29, 0.717) is 6.04 Å². The van der Waals surface area contributed by atoms with Crippen LogP contribution in [0.4, 0.5) is 0 Å². The van der Waals surface area contributed by atoms with Crippen LogP contribution in [0.25, 0.3) is 0 Å². The maximum atomic E-state index is 5.97. The van der Waals surface area contributed by atoms with Crippen molar-refractivity contribution in [3.8, 4) is 0 Å². The van der Waals surface area contributed by atoms with Crippen LogP contribution in [0.2, 0.25) is 0 Å². The second-order valence-electron chi connectivity index (χ2n) is 5.08. The fourth-order valence-electron chi connectivity index (χ4n) is 2.45. The van der Waals surface area contributed by atoms with Crippen LogP contribution in [-0.4, -0.2) is 12.6 Å². The van der Waals surface area contributed by atoms with Gasteiger partial charge >= 0.3 is 0 Å². The van der Waals surface area contributed by atoms with Gasteiger partial charge in [0.25, 0.3) is 0 Å². The average molecular weight is 217 g/mol. The molecule has 1 aliphatic heterocycles. The van der Waals surface area contributed by atoms with E-state index < -0.39 is 0 Å². The van der Waals surface area contributed by atoms with Crippen molar-refractivity contribution in [2.24, 2.45) is 5.73 Å². The molecule has 2 atom stereocenters. The number of nitrogens with two attached hydrogens (primary N) is 1. The fraction of sp³-hybridized carbons (Fsp3) is 0.571. The van der Waals surface area contributed by atoms with Gasteiger partial charge < -0.3 is 10.5 Å². The van der Waals surface area contributed by atoms with Crippen molar-refractivity contribution in [2.45, 2.75) is 43.7 Å². The molecule has 1 saturated carbocycles. The molecule has 1 aliphatic carbocycles. The molecule has 2 N–H and O–H groups in total. The predicted molar refractivity (Wildman–Crippen MR) is 64.3 cm³/mol. The van der Waals surface area contributed by atoms with Crippen LogP contribution in [-0.2, 0) is 4.74 Å². The van der Waals surface area contributed by atoms with Gasteiger partial charge in [0.05, 0.1) is 6.10 Å². The van der Waals surface area contributed by atoms with E-state index in [2.05, 4.69) is 24.3 Å². The first-order valence-corrected chi connectivity index (χ1v) is 6.30. The summed E-state index contributed by atoms with van der Waals surface area (Å²) in [7, 11) is 0. The first kappa shape index (κ1) is 10.3. The second-order valence-corrected chi connectivity index (χ2v) is 5.08. The molecule has 86 valence electrons. The van der Waals surface area contributed by atoms with Gasteiger partial charge in [-0.25, -0.2) is 0 Å². The summed E-state index contributed by atoms with van der Waals surface area (Å²) in [6, 6.07) is 9.27. The third kappa shape index (κ3) is 2.13. The Hall–Kier alpha value is -0.860. The van der Waals surface area contributed by atoms with Crippen molar-refractivity contribution in [3.05, 3.63) is 35.4 Å².